The molecule has 1 aliphatic rings. The maximum atomic E-state index is 11.6. The highest BCUT2D eigenvalue weighted by atomic mass is 16.1. The fraction of sp³-hybridized carbons (Fsp3) is 0.600. The van der Waals surface area contributed by atoms with E-state index in [9.17, 15) is 4.79 Å². The van der Waals surface area contributed by atoms with Crippen LogP contribution in [0.5, 0.6) is 0 Å². The van der Waals surface area contributed by atoms with Crippen molar-refractivity contribution < 1.29 is 0 Å². The van der Waals surface area contributed by atoms with Gasteiger partial charge in [-0.2, -0.15) is 0 Å². The zero-order chi connectivity index (χ0) is 9.42. The van der Waals surface area contributed by atoms with Crippen molar-refractivity contribution in [2.75, 3.05) is 0 Å². The van der Waals surface area contributed by atoms with Crippen molar-refractivity contribution in [3.63, 3.8) is 0 Å². The molecule has 0 saturated carbocycles. The van der Waals surface area contributed by atoms with Gasteiger partial charge in [0.15, 0.2) is 0 Å². The second kappa shape index (κ2) is 2.98. The van der Waals surface area contributed by atoms with E-state index in [2.05, 4.69) is 11.9 Å². The van der Waals surface area contributed by atoms with Gasteiger partial charge >= 0.3 is 0 Å². The molecule has 3 heteroatoms. The smallest absolute Gasteiger partial charge is 0.253 e. The lowest BCUT2D eigenvalue weighted by Gasteiger charge is -2.23. The average Bonchev–Trinajstić information content (AvgIpc) is 2.02. The Morgan fingerprint density at radius 1 is 1.62 bits per heavy atom. The molecule has 70 valence electrons. The first kappa shape index (κ1) is 8.48. The Bertz CT molecular complexity index is 381. The molecule has 1 atom stereocenters. The van der Waals surface area contributed by atoms with E-state index in [0.29, 0.717) is 6.04 Å². The lowest BCUT2D eigenvalue weighted by atomic mass is 10.1. The Balaban J connectivity index is 2.63. The van der Waals surface area contributed by atoms with E-state index in [-0.39, 0.29) is 5.56 Å². The molecule has 2 heterocycles. The standard InChI is InChI=1S/C10H14N2O/c1-7-6-10(13)12-8(2)4-3-5-9(12)11-7/h6,8H,3-5H2,1-2H3/t8-/m1/s1. The molecule has 0 saturated heterocycles. The number of nitrogens with zero attached hydrogens (tertiary/aromatic N) is 2. The second-order valence-electron chi connectivity index (χ2n) is 3.76. The van der Waals surface area contributed by atoms with Gasteiger partial charge in [-0.25, -0.2) is 4.98 Å². The van der Waals surface area contributed by atoms with Crippen molar-refractivity contribution in [2.45, 2.75) is 39.2 Å². The number of fused-ring (bicyclic) bond motifs is 1. The quantitative estimate of drug-likeness (QED) is 0.602. The molecular formula is C10H14N2O. The van der Waals surface area contributed by atoms with E-state index < -0.39 is 0 Å². The predicted molar refractivity (Wildman–Crippen MR) is 50.9 cm³/mol. The summed E-state index contributed by atoms with van der Waals surface area (Å²) in [5.41, 5.74) is 0.944. The molecule has 3 nitrogen and oxygen atoms in total. The summed E-state index contributed by atoms with van der Waals surface area (Å²) >= 11 is 0. The van der Waals surface area contributed by atoms with Gasteiger partial charge < -0.3 is 0 Å². The van der Waals surface area contributed by atoms with E-state index in [1.54, 1.807) is 6.07 Å². The van der Waals surface area contributed by atoms with Crippen LogP contribution in [0, 0.1) is 6.92 Å². The number of rotatable bonds is 0. The average molecular weight is 178 g/mol. The largest absolute Gasteiger partial charge is 0.294 e. The maximum Gasteiger partial charge on any atom is 0.253 e. The Hall–Kier alpha value is -1.12. The van der Waals surface area contributed by atoms with Gasteiger partial charge in [0.1, 0.15) is 5.82 Å². The fourth-order valence-corrected chi connectivity index (χ4v) is 2.00. The van der Waals surface area contributed by atoms with Crippen LogP contribution in [-0.2, 0) is 6.42 Å². The molecule has 13 heavy (non-hydrogen) atoms. The van der Waals surface area contributed by atoms with Crippen LogP contribution >= 0.6 is 0 Å². The van der Waals surface area contributed by atoms with Crippen LogP contribution < -0.4 is 5.56 Å². The summed E-state index contributed by atoms with van der Waals surface area (Å²) in [6.45, 7) is 3.96. The molecule has 0 fully saturated rings. The zero-order valence-corrected chi connectivity index (χ0v) is 8.08. The maximum absolute atomic E-state index is 11.6. The van der Waals surface area contributed by atoms with Crippen LogP contribution in [0.1, 0.15) is 37.3 Å². The van der Waals surface area contributed by atoms with Crippen molar-refractivity contribution in [2.24, 2.45) is 0 Å². The van der Waals surface area contributed by atoms with E-state index >= 15 is 0 Å². The van der Waals surface area contributed by atoms with Gasteiger partial charge in [0.2, 0.25) is 0 Å². The molecule has 1 aromatic rings. The molecule has 0 spiro atoms. The van der Waals surface area contributed by atoms with Gasteiger partial charge in [0.25, 0.3) is 5.56 Å². The van der Waals surface area contributed by atoms with Crippen molar-refractivity contribution in [1.29, 1.82) is 0 Å². The van der Waals surface area contributed by atoms with Crippen LogP contribution in [0.4, 0.5) is 0 Å². The molecule has 1 aromatic heterocycles. The van der Waals surface area contributed by atoms with E-state index in [4.69, 9.17) is 0 Å². The SMILES string of the molecule is Cc1cc(=O)n2c(n1)CCC[C@H]2C. The summed E-state index contributed by atoms with van der Waals surface area (Å²) in [6, 6.07) is 1.94. The normalized spacial score (nSPS) is 21.2. The molecule has 0 radical (unpaired) electrons. The van der Waals surface area contributed by atoms with Crippen molar-refractivity contribution in [1.82, 2.24) is 9.55 Å². The Morgan fingerprint density at radius 3 is 3.15 bits per heavy atom. The number of hydrogen-bond donors (Lipinski definition) is 0. The predicted octanol–water partition coefficient (Wildman–Crippen LogP) is 1.45. The summed E-state index contributed by atoms with van der Waals surface area (Å²) in [7, 11) is 0. The fourth-order valence-electron chi connectivity index (χ4n) is 2.00. The van der Waals surface area contributed by atoms with Crippen molar-refractivity contribution >= 4 is 0 Å². The van der Waals surface area contributed by atoms with E-state index in [0.717, 1.165) is 30.8 Å². The first-order valence-corrected chi connectivity index (χ1v) is 4.77. The van der Waals surface area contributed by atoms with Crippen LogP contribution in [-0.4, -0.2) is 9.55 Å². The highest BCUT2D eigenvalue weighted by molar-refractivity contribution is 5.05. The van der Waals surface area contributed by atoms with E-state index in [1.807, 2.05) is 11.5 Å². The minimum Gasteiger partial charge on any atom is -0.294 e. The molecular weight excluding hydrogens is 164 g/mol. The van der Waals surface area contributed by atoms with E-state index in [1.165, 1.54) is 0 Å². The zero-order valence-electron chi connectivity index (χ0n) is 8.08. The van der Waals surface area contributed by atoms with Gasteiger partial charge in [0.05, 0.1) is 0 Å². The molecule has 0 amide bonds. The number of aryl methyl sites for hydroxylation is 2. The topological polar surface area (TPSA) is 34.9 Å². The second-order valence-corrected chi connectivity index (χ2v) is 3.76. The molecule has 1 aliphatic heterocycles. The summed E-state index contributed by atoms with van der Waals surface area (Å²) in [6.07, 6.45) is 3.19. The third-order valence-corrected chi connectivity index (χ3v) is 2.62. The van der Waals surface area contributed by atoms with Crippen LogP contribution in [0.3, 0.4) is 0 Å². The van der Waals surface area contributed by atoms with Crippen LogP contribution in [0.15, 0.2) is 10.9 Å². The van der Waals surface area contributed by atoms with Gasteiger partial charge in [-0.15, -0.1) is 0 Å². The van der Waals surface area contributed by atoms with Crippen LogP contribution in [0.25, 0.3) is 0 Å². The number of aromatic nitrogens is 2. The number of hydrogen-bond acceptors (Lipinski definition) is 2. The summed E-state index contributed by atoms with van der Waals surface area (Å²) < 4.78 is 1.83. The Morgan fingerprint density at radius 2 is 2.38 bits per heavy atom. The highest BCUT2D eigenvalue weighted by Crippen LogP contribution is 2.20. The van der Waals surface area contributed by atoms with Gasteiger partial charge in [-0.3, -0.25) is 9.36 Å². The first-order valence-electron chi connectivity index (χ1n) is 4.77. The molecule has 0 bridgehead atoms. The molecule has 2 rings (SSSR count). The molecule has 0 N–H and O–H groups in total. The summed E-state index contributed by atoms with van der Waals surface area (Å²) in [5.74, 6) is 0.962. The van der Waals surface area contributed by atoms with Crippen molar-refractivity contribution in [3.8, 4) is 0 Å². The van der Waals surface area contributed by atoms with Gasteiger partial charge in [0, 0.05) is 24.2 Å². The van der Waals surface area contributed by atoms with Gasteiger partial charge in [-0.05, 0) is 26.7 Å². The third-order valence-electron chi connectivity index (χ3n) is 2.62. The monoisotopic (exact) mass is 178 g/mol. The first-order chi connectivity index (χ1) is 6.18. The molecule has 0 unspecified atom stereocenters. The Labute approximate surface area is 77.4 Å². The van der Waals surface area contributed by atoms with Crippen molar-refractivity contribution in [3.05, 3.63) is 27.9 Å². The van der Waals surface area contributed by atoms with Gasteiger partial charge in [-0.1, -0.05) is 0 Å². The minimum absolute atomic E-state index is 0.106. The lowest BCUT2D eigenvalue weighted by molar-refractivity contribution is 0.404. The Kier molecular flexibility index (Phi) is 1.94. The highest BCUT2D eigenvalue weighted by Gasteiger charge is 2.17. The molecule has 0 aromatic carbocycles. The summed E-state index contributed by atoms with van der Waals surface area (Å²) in [4.78, 5) is 16.0. The van der Waals surface area contributed by atoms with Crippen LogP contribution in [0.2, 0.25) is 0 Å². The summed E-state index contributed by atoms with van der Waals surface area (Å²) in [5, 5.41) is 0. The molecule has 0 aliphatic carbocycles. The lowest BCUT2D eigenvalue weighted by Crippen LogP contribution is -2.30. The minimum atomic E-state index is 0.106. The third kappa shape index (κ3) is 1.39.